The monoisotopic (exact) mass is 366 g/mol. The fourth-order valence-corrected chi connectivity index (χ4v) is 3.95. The standard InChI is InChI=1S/C24H14O4/c25-24-15-8-4-5-9-19(15)28-22-10-16(14-6-2-1-3-7-14)17-11-20-21(27-13-26-20)12-18(17)23(22)24/h1-12H,13H2. The maximum absolute atomic E-state index is 13.3. The lowest BCUT2D eigenvalue weighted by Crippen LogP contribution is -2.03. The van der Waals surface area contributed by atoms with Gasteiger partial charge in [-0.2, -0.15) is 0 Å². The molecule has 0 bridgehead atoms. The van der Waals surface area contributed by atoms with Crippen LogP contribution in [0.25, 0.3) is 43.8 Å². The van der Waals surface area contributed by atoms with Crippen LogP contribution in [0.2, 0.25) is 0 Å². The molecule has 0 aliphatic carbocycles. The van der Waals surface area contributed by atoms with Gasteiger partial charge in [-0.3, -0.25) is 4.79 Å². The number of para-hydroxylation sites is 1. The molecule has 0 atom stereocenters. The lowest BCUT2D eigenvalue weighted by atomic mass is 9.94. The maximum atomic E-state index is 13.3. The Morgan fingerprint density at radius 3 is 2.21 bits per heavy atom. The van der Waals surface area contributed by atoms with Gasteiger partial charge in [0, 0.05) is 5.39 Å². The average Bonchev–Trinajstić information content (AvgIpc) is 3.20. The van der Waals surface area contributed by atoms with Crippen molar-refractivity contribution in [3.05, 3.63) is 83.0 Å². The van der Waals surface area contributed by atoms with Crippen molar-refractivity contribution in [3.8, 4) is 22.6 Å². The van der Waals surface area contributed by atoms with Gasteiger partial charge < -0.3 is 13.9 Å². The minimum Gasteiger partial charge on any atom is -0.456 e. The molecule has 1 aromatic heterocycles. The number of hydrogen-bond donors (Lipinski definition) is 0. The Morgan fingerprint density at radius 2 is 1.39 bits per heavy atom. The first kappa shape index (κ1) is 15.3. The molecule has 28 heavy (non-hydrogen) atoms. The third kappa shape index (κ3) is 2.09. The van der Waals surface area contributed by atoms with Gasteiger partial charge in [0.2, 0.25) is 12.2 Å². The van der Waals surface area contributed by atoms with E-state index in [1.807, 2.05) is 66.7 Å². The zero-order valence-electron chi connectivity index (χ0n) is 14.8. The summed E-state index contributed by atoms with van der Waals surface area (Å²) in [6.45, 7) is 0.182. The highest BCUT2D eigenvalue weighted by atomic mass is 16.7. The van der Waals surface area contributed by atoms with Gasteiger partial charge in [-0.15, -0.1) is 0 Å². The lowest BCUT2D eigenvalue weighted by Gasteiger charge is -2.12. The van der Waals surface area contributed by atoms with E-state index in [1.54, 1.807) is 6.07 Å². The summed E-state index contributed by atoms with van der Waals surface area (Å²) < 4.78 is 17.3. The molecule has 6 rings (SSSR count). The van der Waals surface area contributed by atoms with Crippen molar-refractivity contribution in [2.45, 2.75) is 0 Å². The predicted octanol–water partition coefficient (Wildman–Crippen LogP) is 5.50. The first-order valence-corrected chi connectivity index (χ1v) is 9.07. The third-order valence-corrected chi connectivity index (χ3v) is 5.26. The molecular formula is C24H14O4. The van der Waals surface area contributed by atoms with Crippen molar-refractivity contribution in [1.29, 1.82) is 0 Å². The van der Waals surface area contributed by atoms with Crippen LogP contribution in [0.4, 0.5) is 0 Å². The second-order valence-electron chi connectivity index (χ2n) is 6.84. The fourth-order valence-electron chi connectivity index (χ4n) is 3.95. The highest BCUT2D eigenvalue weighted by Crippen LogP contribution is 2.42. The summed E-state index contributed by atoms with van der Waals surface area (Å²) in [5.41, 5.74) is 3.14. The van der Waals surface area contributed by atoms with Crippen LogP contribution < -0.4 is 14.9 Å². The Hall–Kier alpha value is -3.79. The van der Waals surface area contributed by atoms with Crippen LogP contribution in [-0.4, -0.2) is 6.79 Å². The molecule has 2 heterocycles. The van der Waals surface area contributed by atoms with Crippen LogP contribution in [0.3, 0.4) is 0 Å². The van der Waals surface area contributed by atoms with Crippen molar-refractivity contribution < 1.29 is 13.9 Å². The van der Waals surface area contributed by atoms with Gasteiger partial charge in [-0.05, 0) is 46.8 Å². The van der Waals surface area contributed by atoms with E-state index < -0.39 is 0 Å². The largest absolute Gasteiger partial charge is 0.456 e. The van der Waals surface area contributed by atoms with Gasteiger partial charge in [0.25, 0.3) is 0 Å². The summed E-state index contributed by atoms with van der Waals surface area (Å²) in [5, 5.41) is 2.87. The molecule has 0 radical (unpaired) electrons. The minimum atomic E-state index is -0.0414. The number of rotatable bonds is 1. The van der Waals surface area contributed by atoms with Gasteiger partial charge in [-0.1, -0.05) is 42.5 Å². The highest BCUT2D eigenvalue weighted by Gasteiger charge is 2.20. The lowest BCUT2D eigenvalue weighted by molar-refractivity contribution is 0.174. The Kier molecular flexibility index (Phi) is 3.06. The van der Waals surface area contributed by atoms with Gasteiger partial charge in [0.1, 0.15) is 11.2 Å². The second kappa shape index (κ2) is 5.60. The maximum Gasteiger partial charge on any atom is 0.231 e. The summed E-state index contributed by atoms with van der Waals surface area (Å²) in [4.78, 5) is 13.3. The van der Waals surface area contributed by atoms with Gasteiger partial charge in [-0.25, -0.2) is 0 Å². The van der Waals surface area contributed by atoms with E-state index in [-0.39, 0.29) is 12.2 Å². The number of ether oxygens (including phenoxy) is 2. The summed E-state index contributed by atoms with van der Waals surface area (Å²) in [7, 11) is 0. The van der Waals surface area contributed by atoms with E-state index in [9.17, 15) is 4.79 Å². The first-order chi connectivity index (χ1) is 13.8. The summed E-state index contributed by atoms with van der Waals surface area (Å²) >= 11 is 0. The smallest absolute Gasteiger partial charge is 0.231 e. The van der Waals surface area contributed by atoms with Crippen LogP contribution in [0, 0.1) is 0 Å². The average molecular weight is 366 g/mol. The molecule has 0 saturated heterocycles. The molecule has 4 aromatic carbocycles. The molecule has 0 fully saturated rings. The molecule has 0 N–H and O–H groups in total. The third-order valence-electron chi connectivity index (χ3n) is 5.26. The van der Waals surface area contributed by atoms with Crippen molar-refractivity contribution in [3.63, 3.8) is 0 Å². The van der Waals surface area contributed by atoms with Crippen LogP contribution >= 0.6 is 0 Å². The van der Waals surface area contributed by atoms with E-state index in [0.29, 0.717) is 33.4 Å². The normalized spacial score (nSPS) is 12.9. The summed E-state index contributed by atoms with van der Waals surface area (Å²) in [6, 6.07) is 23.2. The molecule has 134 valence electrons. The molecule has 4 nitrogen and oxygen atoms in total. The zero-order valence-corrected chi connectivity index (χ0v) is 14.8. The van der Waals surface area contributed by atoms with Crippen LogP contribution in [0.5, 0.6) is 11.5 Å². The van der Waals surface area contributed by atoms with E-state index in [0.717, 1.165) is 21.9 Å². The van der Waals surface area contributed by atoms with E-state index in [4.69, 9.17) is 13.9 Å². The Balaban J connectivity index is 1.86. The number of hydrogen-bond acceptors (Lipinski definition) is 4. The molecule has 0 spiro atoms. The van der Waals surface area contributed by atoms with Crippen molar-refractivity contribution in [1.82, 2.24) is 0 Å². The molecule has 0 amide bonds. The predicted molar refractivity (Wildman–Crippen MR) is 109 cm³/mol. The quantitative estimate of drug-likeness (QED) is 0.290. The van der Waals surface area contributed by atoms with E-state index in [1.165, 1.54) is 0 Å². The molecule has 4 heteroatoms. The number of benzene rings is 4. The fraction of sp³-hybridized carbons (Fsp3) is 0.0417. The minimum absolute atomic E-state index is 0.0414. The summed E-state index contributed by atoms with van der Waals surface area (Å²) in [5.74, 6) is 1.33. The van der Waals surface area contributed by atoms with E-state index >= 15 is 0 Å². The van der Waals surface area contributed by atoms with Crippen LogP contribution in [-0.2, 0) is 0 Å². The van der Waals surface area contributed by atoms with Gasteiger partial charge >= 0.3 is 0 Å². The Morgan fingerprint density at radius 1 is 0.679 bits per heavy atom. The van der Waals surface area contributed by atoms with E-state index in [2.05, 4.69) is 0 Å². The zero-order chi connectivity index (χ0) is 18.7. The van der Waals surface area contributed by atoms with Crippen molar-refractivity contribution in [2.24, 2.45) is 0 Å². The summed E-state index contributed by atoms with van der Waals surface area (Å²) in [6.07, 6.45) is 0. The van der Waals surface area contributed by atoms with Crippen molar-refractivity contribution >= 4 is 32.7 Å². The Bertz CT molecular complexity index is 1450. The van der Waals surface area contributed by atoms with Crippen LogP contribution in [0.1, 0.15) is 0 Å². The van der Waals surface area contributed by atoms with Crippen molar-refractivity contribution in [2.75, 3.05) is 6.79 Å². The molecule has 1 aliphatic rings. The Labute approximate surface area is 159 Å². The molecular weight excluding hydrogens is 352 g/mol. The number of fused-ring (bicyclic) bond motifs is 5. The topological polar surface area (TPSA) is 48.7 Å². The first-order valence-electron chi connectivity index (χ1n) is 9.07. The molecule has 0 saturated carbocycles. The van der Waals surface area contributed by atoms with Gasteiger partial charge in [0.05, 0.1) is 10.8 Å². The second-order valence-corrected chi connectivity index (χ2v) is 6.84. The van der Waals surface area contributed by atoms with Crippen LogP contribution in [0.15, 0.2) is 82.0 Å². The van der Waals surface area contributed by atoms with Gasteiger partial charge in [0.15, 0.2) is 11.5 Å². The SMILES string of the molecule is O=c1c2ccccc2oc2cc(-c3ccccc3)c3cc4c(cc3c12)OCO4. The highest BCUT2D eigenvalue weighted by molar-refractivity contribution is 6.14. The molecule has 5 aromatic rings. The molecule has 0 unspecified atom stereocenters. The molecule has 1 aliphatic heterocycles.